The first-order chi connectivity index (χ1) is 10.1. The number of carbonyl (C=O) groups excluding carboxylic acids is 1. The van der Waals surface area contributed by atoms with Gasteiger partial charge < -0.3 is 4.74 Å². The maximum absolute atomic E-state index is 11.4. The molecule has 0 amide bonds. The van der Waals surface area contributed by atoms with E-state index in [1.807, 2.05) is 12.1 Å². The number of methoxy groups -OCH3 is 1. The molecule has 0 aliphatic rings. The third-order valence-electron chi connectivity index (χ3n) is 3.40. The average molecular weight is 283 g/mol. The van der Waals surface area contributed by atoms with Gasteiger partial charge in [-0.2, -0.15) is 0 Å². The van der Waals surface area contributed by atoms with Crippen molar-refractivity contribution in [2.24, 2.45) is 0 Å². The maximum Gasteiger partial charge on any atom is 0.337 e. The Morgan fingerprint density at radius 3 is 1.90 bits per heavy atom. The molecule has 0 aliphatic heterocycles. The van der Waals surface area contributed by atoms with Crippen molar-refractivity contribution in [3.63, 3.8) is 0 Å². The third-order valence-corrected chi connectivity index (χ3v) is 3.40. The predicted molar refractivity (Wildman–Crippen MR) is 84.1 cm³/mol. The third kappa shape index (κ3) is 4.43. The topological polar surface area (TPSA) is 29.5 Å². The van der Waals surface area contributed by atoms with Crippen LogP contribution >= 0.6 is 0 Å². The van der Waals surface area contributed by atoms with Crippen molar-refractivity contribution in [1.29, 1.82) is 0 Å². The van der Waals surface area contributed by atoms with Crippen molar-refractivity contribution in [1.82, 2.24) is 4.90 Å². The van der Waals surface area contributed by atoms with Crippen LogP contribution < -0.4 is 0 Å². The van der Waals surface area contributed by atoms with E-state index in [0.29, 0.717) is 5.56 Å². The first kappa shape index (κ1) is 15.3. The largest absolute Gasteiger partial charge is 0.465 e. The number of hydrogen-bond acceptors (Lipinski definition) is 3. The van der Waals surface area contributed by atoms with Crippen molar-refractivity contribution >= 4 is 5.97 Å². The van der Waals surface area contributed by atoms with Crippen molar-refractivity contribution in [2.45, 2.75) is 20.0 Å². The Balaban J connectivity index is 1.94. The molecule has 3 heteroatoms. The van der Waals surface area contributed by atoms with Gasteiger partial charge >= 0.3 is 5.97 Å². The molecular weight excluding hydrogens is 262 g/mol. The second-order valence-electron chi connectivity index (χ2n) is 5.35. The summed E-state index contributed by atoms with van der Waals surface area (Å²) in [4.78, 5) is 13.6. The van der Waals surface area contributed by atoms with Crippen molar-refractivity contribution < 1.29 is 9.53 Å². The molecule has 0 bridgehead atoms. The lowest BCUT2D eigenvalue weighted by Crippen LogP contribution is -2.17. The number of aryl methyl sites for hydroxylation is 1. The summed E-state index contributed by atoms with van der Waals surface area (Å²) in [6.07, 6.45) is 0. The van der Waals surface area contributed by atoms with Crippen LogP contribution in [0.1, 0.15) is 27.0 Å². The fourth-order valence-corrected chi connectivity index (χ4v) is 2.24. The van der Waals surface area contributed by atoms with Crippen molar-refractivity contribution in [3.8, 4) is 0 Å². The van der Waals surface area contributed by atoms with Gasteiger partial charge in [0.2, 0.25) is 0 Å². The maximum atomic E-state index is 11.4. The smallest absolute Gasteiger partial charge is 0.337 e. The van der Waals surface area contributed by atoms with Gasteiger partial charge in [-0.1, -0.05) is 42.0 Å². The van der Waals surface area contributed by atoms with E-state index in [4.69, 9.17) is 4.74 Å². The summed E-state index contributed by atoms with van der Waals surface area (Å²) < 4.78 is 4.70. The summed E-state index contributed by atoms with van der Waals surface area (Å²) in [5.74, 6) is -0.297. The first-order valence-electron chi connectivity index (χ1n) is 7.00. The van der Waals surface area contributed by atoms with Gasteiger partial charge in [-0.25, -0.2) is 4.79 Å². The monoisotopic (exact) mass is 283 g/mol. The number of hydrogen-bond donors (Lipinski definition) is 0. The van der Waals surface area contributed by atoms with Crippen LogP contribution in [-0.2, 0) is 17.8 Å². The van der Waals surface area contributed by atoms with Crippen molar-refractivity contribution in [3.05, 3.63) is 70.8 Å². The van der Waals surface area contributed by atoms with E-state index >= 15 is 0 Å². The zero-order valence-corrected chi connectivity index (χ0v) is 12.8. The van der Waals surface area contributed by atoms with E-state index in [1.165, 1.54) is 23.8 Å². The lowest BCUT2D eigenvalue weighted by Gasteiger charge is -2.17. The fraction of sp³-hybridized carbons (Fsp3) is 0.278. The first-order valence-corrected chi connectivity index (χ1v) is 7.00. The summed E-state index contributed by atoms with van der Waals surface area (Å²) >= 11 is 0. The molecule has 0 N–H and O–H groups in total. The predicted octanol–water partition coefficient (Wildman–Crippen LogP) is 3.41. The average Bonchev–Trinajstić information content (AvgIpc) is 2.49. The van der Waals surface area contributed by atoms with Crippen LogP contribution in [0.2, 0.25) is 0 Å². The molecule has 0 saturated carbocycles. The molecule has 0 fully saturated rings. The van der Waals surface area contributed by atoms with Gasteiger partial charge in [0, 0.05) is 13.1 Å². The lowest BCUT2D eigenvalue weighted by molar-refractivity contribution is 0.0600. The molecule has 2 aromatic carbocycles. The van der Waals surface area contributed by atoms with Gasteiger partial charge in [0.25, 0.3) is 0 Å². The van der Waals surface area contributed by atoms with Crippen LogP contribution in [0.3, 0.4) is 0 Å². The van der Waals surface area contributed by atoms with Crippen LogP contribution in [0.5, 0.6) is 0 Å². The highest BCUT2D eigenvalue weighted by Crippen LogP contribution is 2.11. The molecule has 0 saturated heterocycles. The Labute approximate surface area is 126 Å². The second-order valence-corrected chi connectivity index (χ2v) is 5.35. The van der Waals surface area contributed by atoms with Gasteiger partial charge in [0.05, 0.1) is 12.7 Å². The fourth-order valence-electron chi connectivity index (χ4n) is 2.24. The van der Waals surface area contributed by atoms with Gasteiger partial charge in [0.1, 0.15) is 0 Å². The number of benzene rings is 2. The van der Waals surface area contributed by atoms with E-state index in [-0.39, 0.29) is 5.97 Å². The molecule has 2 aromatic rings. The van der Waals surface area contributed by atoms with Gasteiger partial charge in [-0.3, -0.25) is 4.90 Å². The Kier molecular flexibility index (Phi) is 5.12. The molecule has 0 radical (unpaired) electrons. The number of nitrogens with zero attached hydrogens (tertiary/aromatic N) is 1. The molecule has 110 valence electrons. The minimum Gasteiger partial charge on any atom is -0.465 e. The number of carbonyl (C=O) groups is 1. The SMILES string of the molecule is COC(=O)c1ccc(CN(C)Cc2ccc(C)cc2)cc1. The molecule has 21 heavy (non-hydrogen) atoms. The van der Waals surface area contributed by atoms with E-state index in [9.17, 15) is 4.79 Å². The summed E-state index contributed by atoms with van der Waals surface area (Å²) in [6.45, 7) is 3.84. The van der Waals surface area contributed by atoms with Gasteiger partial charge in [-0.05, 0) is 37.2 Å². The van der Waals surface area contributed by atoms with Crippen LogP contribution in [0, 0.1) is 6.92 Å². The zero-order chi connectivity index (χ0) is 15.2. The number of rotatable bonds is 5. The molecule has 2 rings (SSSR count). The minimum atomic E-state index is -0.297. The molecule has 0 heterocycles. The Bertz CT molecular complexity index is 588. The van der Waals surface area contributed by atoms with E-state index in [2.05, 4.69) is 43.1 Å². The number of ether oxygens (including phenoxy) is 1. The van der Waals surface area contributed by atoms with Crippen LogP contribution in [0.15, 0.2) is 48.5 Å². The molecule has 0 aliphatic carbocycles. The summed E-state index contributed by atoms with van der Waals surface area (Å²) in [5, 5.41) is 0. The van der Waals surface area contributed by atoms with Crippen LogP contribution in [0.25, 0.3) is 0 Å². The van der Waals surface area contributed by atoms with Crippen LogP contribution in [-0.4, -0.2) is 25.0 Å². The Morgan fingerprint density at radius 2 is 1.43 bits per heavy atom. The minimum absolute atomic E-state index is 0.297. The number of esters is 1. The van der Waals surface area contributed by atoms with E-state index in [0.717, 1.165) is 13.1 Å². The highest BCUT2D eigenvalue weighted by Gasteiger charge is 2.06. The van der Waals surface area contributed by atoms with E-state index < -0.39 is 0 Å². The molecule has 0 atom stereocenters. The molecule has 3 nitrogen and oxygen atoms in total. The summed E-state index contributed by atoms with van der Waals surface area (Å²) in [5.41, 5.74) is 4.34. The van der Waals surface area contributed by atoms with E-state index in [1.54, 1.807) is 12.1 Å². The quantitative estimate of drug-likeness (QED) is 0.788. The highest BCUT2D eigenvalue weighted by atomic mass is 16.5. The second kappa shape index (κ2) is 7.04. The standard InChI is InChI=1S/C18H21NO2/c1-14-4-6-15(7-5-14)12-19(2)13-16-8-10-17(11-9-16)18(20)21-3/h4-11H,12-13H2,1-3H3. The molecular formula is C18H21NO2. The van der Waals surface area contributed by atoms with Crippen molar-refractivity contribution in [2.75, 3.05) is 14.2 Å². The van der Waals surface area contributed by atoms with Gasteiger partial charge in [0.15, 0.2) is 0 Å². The molecule has 0 aromatic heterocycles. The summed E-state index contributed by atoms with van der Waals surface area (Å²) in [7, 11) is 3.49. The molecule has 0 spiro atoms. The highest BCUT2D eigenvalue weighted by molar-refractivity contribution is 5.89. The molecule has 0 unspecified atom stereocenters. The normalized spacial score (nSPS) is 10.7. The summed E-state index contributed by atoms with van der Waals surface area (Å²) in [6, 6.07) is 16.1. The zero-order valence-electron chi connectivity index (χ0n) is 12.8. The lowest BCUT2D eigenvalue weighted by atomic mass is 10.1. The van der Waals surface area contributed by atoms with Gasteiger partial charge in [-0.15, -0.1) is 0 Å². The van der Waals surface area contributed by atoms with Crippen LogP contribution in [0.4, 0.5) is 0 Å². The Morgan fingerprint density at radius 1 is 0.952 bits per heavy atom. The Hall–Kier alpha value is -2.13.